The summed E-state index contributed by atoms with van der Waals surface area (Å²) in [5, 5.41) is 15.6. The molecule has 0 aliphatic heterocycles. The number of nitrogens with one attached hydrogen (secondary N) is 1. The van der Waals surface area contributed by atoms with Gasteiger partial charge in [0.15, 0.2) is 11.5 Å². The largest absolute Gasteiger partial charge is 0.355 e. The average Bonchev–Trinajstić information content (AvgIpc) is 3.39. The molecule has 0 radical (unpaired) electrons. The highest BCUT2D eigenvalue weighted by Gasteiger charge is 2.20. The lowest BCUT2D eigenvalue weighted by molar-refractivity contribution is 0.102. The van der Waals surface area contributed by atoms with Gasteiger partial charge in [-0.2, -0.15) is 0 Å². The number of halogens is 2. The predicted octanol–water partition coefficient (Wildman–Crippen LogP) is 5.54. The number of hydrogen-bond donors (Lipinski definition) is 1. The molecule has 0 atom stereocenters. The third-order valence-electron chi connectivity index (χ3n) is 5.04. The van der Waals surface area contributed by atoms with Gasteiger partial charge in [0, 0.05) is 10.0 Å². The maximum atomic E-state index is 13.9. The van der Waals surface area contributed by atoms with Crippen molar-refractivity contribution in [2.24, 2.45) is 0 Å². The van der Waals surface area contributed by atoms with Crippen LogP contribution < -0.4 is 5.32 Å². The van der Waals surface area contributed by atoms with Gasteiger partial charge in [-0.3, -0.25) is 4.79 Å². The van der Waals surface area contributed by atoms with Gasteiger partial charge < -0.3 is 9.84 Å². The third kappa shape index (κ3) is 3.56. The number of anilines is 1. The Morgan fingerprint density at radius 1 is 1.09 bits per heavy atom. The van der Waals surface area contributed by atoms with E-state index in [1.807, 2.05) is 42.5 Å². The second-order valence-corrected chi connectivity index (χ2v) is 8.00. The van der Waals surface area contributed by atoms with Gasteiger partial charge in [-0.25, -0.2) is 9.07 Å². The van der Waals surface area contributed by atoms with Gasteiger partial charge in [0.2, 0.25) is 0 Å². The highest BCUT2D eigenvalue weighted by atomic mass is 79.9. The summed E-state index contributed by atoms with van der Waals surface area (Å²) >= 11 is 3.43. The second kappa shape index (κ2) is 8.01. The first-order chi connectivity index (χ1) is 15.5. The first-order valence-corrected chi connectivity index (χ1v) is 10.4. The first kappa shape index (κ1) is 20.1. The Morgan fingerprint density at radius 3 is 2.66 bits per heavy atom. The maximum absolute atomic E-state index is 13.9. The van der Waals surface area contributed by atoms with Gasteiger partial charge in [-0.15, -0.1) is 5.10 Å². The van der Waals surface area contributed by atoms with Crippen molar-refractivity contribution < 1.29 is 13.7 Å². The van der Waals surface area contributed by atoms with E-state index in [0.717, 1.165) is 15.4 Å². The molecule has 2 heterocycles. The summed E-state index contributed by atoms with van der Waals surface area (Å²) in [4.78, 5) is 12.6. The normalized spacial score (nSPS) is 11.1. The molecular formula is C23H15BrFN5O2. The predicted molar refractivity (Wildman–Crippen MR) is 121 cm³/mol. The smallest absolute Gasteiger partial charge is 0.278 e. The van der Waals surface area contributed by atoms with Crippen molar-refractivity contribution in [3.05, 3.63) is 88.4 Å². The Balaban J connectivity index is 1.50. The van der Waals surface area contributed by atoms with Crippen LogP contribution >= 0.6 is 15.9 Å². The lowest BCUT2D eigenvalue weighted by Crippen LogP contribution is -2.15. The molecule has 0 saturated heterocycles. The lowest BCUT2D eigenvalue weighted by atomic mass is 10.1. The third-order valence-corrected chi connectivity index (χ3v) is 5.57. The minimum atomic E-state index is -0.541. The van der Waals surface area contributed by atoms with E-state index in [2.05, 4.69) is 36.7 Å². The average molecular weight is 492 g/mol. The highest BCUT2D eigenvalue weighted by Crippen LogP contribution is 2.31. The number of rotatable bonds is 4. The van der Waals surface area contributed by atoms with Crippen molar-refractivity contribution in [1.29, 1.82) is 0 Å². The van der Waals surface area contributed by atoms with E-state index in [0.29, 0.717) is 22.7 Å². The van der Waals surface area contributed by atoms with Gasteiger partial charge in [-0.1, -0.05) is 38.4 Å². The molecular weight excluding hydrogens is 477 g/mol. The molecule has 0 aliphatic rings. The van der Waals surface area contributed by atoms with Crippen LogP contribution in [0.2, 0.25) is 0 Å². The molecule has 5 rings (SSSR count). The van der Waals surface area contributed by atoms with Gasteiger partial charge in [0.1, 0.15) is 11.3 Å². The fourth-order valence-corrected chi connectivity index (χ4v) is 3.66. The van der Waals surface area contributed by atoms with Crippen molar-refractivity contribution in [3.8, 4) is 17.0 Å². The zero-order chi connectivity index (χ0) is 22.2. The number of para-hydroxylation sites is 1. The molecule has 0 spiro atoms. The van der Waals surface area contributed by atoms with E-state index < -0.39 is 11.7 Å². The fourth-order valence-electron chi connectivity index (χ4n) is 3.40. The lowest BCUT2D eigenvalue weighted by Gasteiger charge is -2.06. The quantitative estimate of drug-likeness (QED) is 0.356. The summed E-state index contributed by atoms with van der Waals surface area (Å²) in [5.41, 5.74) is 2.96. The van der Waals surface area contributed by atoms with Gasteiger partial charge >= 0.3 is 0 Å². The molecule has 0 saturated carbocycles. The summed E-state index contributed by atoms with van der Waals surface area (Å²) < 4.78 is 22.0. The number of amides is 1. The first-order valence-electron chi connectivity index (χ1n) is 9.65. The molecule has 9 heteroatoms. The van der Waals surface area contributed by atoms with Crippen molar-refractivity contribution >= 4 is 38.4 Å². The number of nitrogens with zero attached hydrogens (tertiary/aromatic N) is 4. The number of aromatic nitrogens is 4. The number of carbonyl (C=O) groups excluding carboxylic acids is 1. The molecule has 5 aromatic rings. The van der Waals surface area contributed by atoms with Crippen molar-refractivity contribution in [2.75, 3.05) is 5.32 Å². The van der Waals surface area contributed by atoms with Gasteiger partial charge in [-0.05, 0) is 61.5 Å². The molecule has 32 heavy (non-hydrogen) atoms. The minimum absolute atomic E-state index is 0.0801. The van der Waals surface area contributed by atoms with Crippen molar-refractivity contribution in [2.45, 2.75) is 6.92 Å². The van der Waals surface area contributed by atoms with Crippen LogP contribution in [0.1, 0.15) is 16.2 Å². The molecule has 7 nitrogen and oxygen atoms in total. The van der Waals surface area contributed by atoms with E-state index in [1.165, 1.54) is 12.1 Å². The monoisotopic (exact) mass is 491 g/mol. The molecule has 2 aromatic heterocycles. The van der Waals surface area contributed by atoms with Crippen molar-refractivity contribution in [1.82, 2.24) is 20.2 Å². The van der Waals surface area contributed by atoms with Crippen LogP contribution in [0.15, 0.2) is 75.7 Å². The molecule has 1 amide bonds. The van der Waals surface area contributed by atoms with E-state index in [-0.39, 0.29) is 11.4 Å². The van der Waals surface area contributed by atoms with E-state index >= 15 is 0 Å². The summed E-state index contributed by atoms with van der Waals surface area (Å²) in [6.45, 7) is 1.73. The van der Waals surface area contributed by atoms with Crippen LogP contribution in [0.4, 0.5) is 10.1 Å². The second-order valence-electron chi connectivity index (χ2n) is 7.09. The van der Waals surface area contributed by atoms with E-state index in [9.17, 15) is 9.18 Å². The number of benzene rings is 3. The summed E-state index contributed by atoms with van der Waals surface area (Å²) in [6, 6.07) is 19.2. The van der Waals surface area contributed by atoms with Crippen LogP contribution in [0, 0.1) is 12.7 Å². The Bertz CT molecular complexity index is 1460. The van der Waals surface area contributed by atoms with Gasteiger partial charge in [0.25, 0.3) is 5.91 Å². The van der Waals surface area contributed by atoms with Crippen LogP contribution in [0.3, 0.4) is 0 Å². The molecule has 158 valence electrons. The Labute approximate surface area is 190 Å². The van der Waals surface area contributed by atoms with E-state index in [4.69, 9.17) is 4.52 Å². The zero-order valence-corrected chi connectivity index (χ0v) is 18.3. The Hall–Kier alpha value is -3.85. The molecule has 0 fully saturated rings. The summed E-state index contributed by atoms with van der Waals surface area (Å²) in [6.07, 6.45) is 0. The van der Waals surface area contributed by atoms with Crippen LogP contribution in [0.25, 0.3) is 27.9 Å². The maximum Gasteiger partial charge on any atom is 0.278 e. The number of fused-ring (bicyclic) bond motifs is 1. The molecule has 1 N–H and O–H groups in total. The highest BCUT2D eigenvalue weighted by molar-refractivity contribution is 9.10. The zero-order valence-electron chi connectivity index (χ0n) is 16.7. The van der Waals surface area contributed by atoms with Crippen LogP contribution in [0.5, 0.6) is 0 Å². The molecule has 0 aliphatic carbocycles. The standard InChI is InChI=1S/C23H15BrFN5O2/c1-13-21(23(31)26-20-5-3-2-4-18(20)25)27-29-30(13)16-10-11-19-17(12-16)22(32-28-19)14-6-8-15(24)9-7-14/h2-12H,1H3,(H,26,31). The minimum Gasteiger partial charge on any atom is -0.355 e. The summed E-state index contributed by atoms with van der Waals surface area (Å²) in [5.74, 6) is -0.436. The SMILES string of the molecule is Cc1c(C(=O)Nc2ccccc2F)nnn1-c1ccc2noc(-c3ccc(Br)cc3)c2c1. The molecule has 0 bridgehead atoms. The Kier molecular flexibility index (Phi) is 5.02. The van der Waals surface area contributed by atoms with Crippen molar-refractivity contribution in [3.63, 3.8) is 0 Å². The number of carbonyl (C=O) groups is 1. The molecule has 3 aromatic carbocycles. The van der Waals surface area contributed by atoms with Gasteiger partial charge in [0.05, 0.1) is 22.5 Å². The van der Waals surface area contributed by atoms with Crippen LogP contribution in [-0.4, -0.2) is 26.1 Å². The van der Waals surface area contributed by atoms with Crippen LogP contribution in [-0.2, 0) is 0 Å². The number of hydrogen-bond acceptors (Lipinski definition) is 5. The summed E-state index contributed by atoms with van der Waals surface area (Å²) in [7, 11) is 0. The molecule has 0 unspecified atom stereocenters. The topological polar surface area (TPSA) is 85.8 Å². The Morgan fingerprint density at radius 2 is 1.88 bits per heavy atom. The van der Waals surface area contributed by atoms with E-state index in [1.54, 1.807) is 23.7 Å². The fraction of sp³-hybridized carbons (Fsp3) is 0.0435.